The third-order valence-electron chi connectivity index (χ3n) is 6.97. The molecule has 1 aliphatic heterocycles. The average Bonchev–Trinajstić information content (AvgIpc) is 2.53. The molecule has 1 heterocycles. The van der Waals surface area contributed by atoms with Crippen LogP contribution in [-0.4, -0.2) is 45.8 Å². The molecule has 4 nitrogen and oxygen atoms in total. The van der Waals surface area contributed by atoms with Gasteiger partial charge in [0.1, 0.15) is 5.82 Å². The second kappa shape index (κ2) is 6.31. The zero-order valence-electron chi connectivity index (χ0n) is 15.3. The molecule has 3 aliphatic rings. The Balaban J connectivity index is 1.72. The van der Waals surface area contributed by atoms with Crippen molar-refractivity contribution in [2.45, 2.75) is 62.6 Å². The van der Waals surface area contributed by atoms with E-state index in [4.69, 9.17) is 0 Å². The molecule has 4 rings (SSSR count). The Hall–Kier alpha value is -1.46. The van der Waals surface area contributed by atoms with Gasteiger partial charge in [-0.3, -0.25) is 4.79 Å². The SMILES string of the molecule is CC1(O)CC2CCCC(C1)C2(CC(=O)N1CC(O)C1)c1ccc(F)cc1. The summed E-state index contributed by atoms with van der Waals surface area (Å²) in [5.74, 6) is 0.225. The van der Waals surface area contributed by atoms with Gasteiger partial charge in [0.05, 0.1) is 11.7 Å². The van der Waals surface area contributed by atoms with Crippen LogP contribution in [-0.2, 0) is 10.2 Å². The summed E-state index contributed by atoms with van der Waals surface area (Å²) in [5.41, 5.74) is -0.0142. The zero-order chi connectivity index (χ0) is 18.5. The fourth-order valence-electron chi connectivity index (χ4n) is 5.82. The number of benzene rings is 1. The molecule has 0 aromatic heterocycles. The largest absolute Gasteiger partial charge is 0.390 e. The monoisotopic (exact) mass is 361 g/mol. The summed E-state index contributed by atoms with van der Waals surface area (Å²) in [7, 11) is 0. The predicted octanol–water partition coefficient (Wildman–Crippen LogP) is 2.62. The number of aliphatic hydroxyl groups excluding tert-OH is 1. The van der Waals surface area contributed by atoms with Gasteiger partial charge in [0.25, 0.3) is 0 Å². The number of likely N-dealkylation sites (tertiary alicyclic amines) is 1. The number of carbonyl (C=O) groups is 1. The molecule has 2 atom stereocenters. The Morgan fingerprint density at radius 1 is 1.19 bits per heavy atom. The summed E-state index contributed by atoms with van der Waals surface area (Å²) in [5, 5.41) is 20.3. The summed E-state index contributed by atoms with van der Waals surface area (Å²) in [4.78, 5) is 14.7. The van der Waals surface area contributed by atoms with Crippen molar-refractivity contribution in [2.24, 2.45) is 11.8 Å². The number of carbonyl (C=O) groups excluding carboxylic acids is 1. The summed E-state index contributed by atoms with van der Waals surface area (Å²) in [6.07, 6.45) is 4.42. The lowest BCUT2D eigenvalue weighted by Crippen LogP contribution is -2.59. The molecule has 1 aromatic carbocycles. The van der Waals surface area contributed by atoms with Crippen LogP contribution in [0, 0.1) is 17.7 Å². The van der Waals surface area contributed by atoms with Crippen LogP contribution in [0.4, 0.5) is 4.39 Å². The highest BCUT2D eigenvalue weighted by atomic mass is 19.1. The number of fused-ring (bicyclic) bond motifs is 2. The molecule has 1 amide bonds. The van der Waals surface area contributed by atoms with E-state index in [0.29, 0.717) is 32.4 Å². The van der Waals surface area contributed by atoms with Crippen molar-refractivity contribution >= 4 is 5.91 Å². The van der Waals surface area contributed by atoms with Crippen molar-refractivity contribution in [3.05, 3.63) is 35.6 Å². The predicted molar refractivity (Wildman–Crippen MR) is 96.0 cm³/mol. The Labute approximate surface area is 154 Å². The van der Waals surface area contributed by atoms with Crippen LogP contribution < -0.4 is 0 Å². The van der Waals surface area contributed by atoms with Gasteiger partial charge in [0.15, 0.2) is 0 Å². The van der Waals surface area contributed by atoms with Gasteiger partial charge in [-0.05, 0) is 62.1 Å². The van der Waals surface area contributed by atoms with Crippen LogP contribution in [0.3, 0.4) is 0 Å². The van der Waals surface area contributed by atoms with Crippen molar-refractivity contribution in [2.75, 3.05) is 13.1 Å². The van der Waals surface area contributed by atoms with Crippen LogP contribution in [0.15, 0.2) is 24.3 Å². The topological polar surface area (TPSA) is 60.8 Å². The number of hydrogen-bond donors (Lipinski definition) is 2. The molecule has 142 valence electrons. The van der Waals surface area contributed by atoms with Crippen LogP contribution in [0.1, 0.15) is 51.0 Å². The lowest BCUT2D eigenvalue weighted by atomic mass is 9.48. The fraction of sp³-hybridized carbons (Fsp3) is 0.667. The maximum atomic E-state index is 13.5. The molecule has 0 radical (unpaired) electrons. The van der Waals surface area contributed by atoms with E-state index in [1.807, 2.05) is 19.1 Å². The molecule has 2 saturated carbocycles. The fourth-order valence-corrected chi connectivity index (χ4v) is 5.82. The maximum Gasteiger partial charge on any atom is 0.223 e. The molecule has 2 unspecified atom stereocenters. The second-order valence-corrected chi connectivity index (χ2v) is 8.91. The third kappa shape index (κ3) is 2.95. The molecule has 2 aliphatic carbocycles. The van der Waals surface area contributed by atoms with E-state index in [-0.39, 0.29) is 29.0 Å². The van der Waals surface area contributed by atoms with Gasteiger partial charge in [0.2, 0.25) is 5.91 Å². The van der Waals surface area contributed by atoms with E-state index in [9.17, 15) is 19.4 Å². The quantitative estimate of drug-likeness (QED) is 0.870. The lowest BCUT2D eigenvalue weighted by molar-refractivity contribution is -0.149. The van der Waals surface area contributed by atoms with Gasteiger partial charge in [-0.15, -0.1) is 0 Å². The van der Waals surface area contributed by atoms with Crippen LogP contribution >= 0.6 is 0 Å². The number of halogens is 1. The zero-order valence-corrected chi connectivity index (χ0v) is 15.3. The Morgan fingerprint density at radius 3 is 2.31 bits per heavy atom. The summed E-state index contributed by atoms with van der Waals surface area (Å²) in [6.45, 7) is 2.72. The highest BCUT2D eigenvalue weighted by Crippen LogP contribution is 2.58. The average molecular weight is 361 g/mol. The van der Waals surface area contributed by atoms with Crippen molar-refractivity contribution < 1.29 is 19.4 Å². The van der Waals surface area contributed by atoms with E-state index in [1.165, 1.54) is 12.1 Å². The number of rotatable bonds is 3. The maximum absolute atomic E-state index is 13.5. The second-order valence-electron chi connectivity index (χ2n) is 8.91. The molecular weight excluding hydrogens is 333 g/mol. The molecular formula is C21H28FNO3. The summed E-state index contributed by atoms with van der Waals surface area (Å²) in [6, 6.07) is 6.63. The first-order valence-electron chi connectivity index (χ1n) is 9.74. The number of amides is 1. The number of β-amino-alcohol motifs (C(OH)–C–C–N with tert-alkyl or cyclic N) is 1. The minimum Gasteiger partial charge on any atom is -0.390 e. The van der Waals surface area contributed by atoms with Gasteiger partial charge in [-0.1, -0.05) is 18.6 Å². The molecule has 2 bridgehead atoms. The van der Waals surface area contributed by atoms with Crippen molar-refractivity contribution in [3.63, 3.8) is 0 Å². The summed E-state index contributed by atoms with van der Waals surface area (Å²) < 4.78 is 13.5. The first-order chi connectivity index (χ1) is 12.3. The van der Waals surface area contributed by atoms with Gasteiger partial charge in [0, 0.05) is 24.9 Å². The smallest absolute Gasteiger partial charge is 0.223 e. The molecule has 26 heavy (non-hydrogen) atoms. The lowest BCUT2D eigenvalue weighted by Gasteiger charge is -2.57. The van der Waals surface area contributed by atoms with Gasteiger partial charge < -0.3 is 15.1 Å². The van der Waals surface area contributed by atoms with Crippen molar-refractivity contribution in [1.29, 1.82) is 0 Å². The molecule has 1 aromatic rings. The van der Waals surface area contributed by atoms with Crippen molar-refractivity contribution in [1.82, 2.24) is 4.90 Å². The minimum absolute atomic E-state index is 0.0677. The van der Waals surface area contributed by atoms with E-state index in [0.717, 1.165) is 24.8 Å². The standard InChI is InChI=1S/C21H28FNO3/c1-20(26)9-15-3-2-4-16(10-20)21(15,14-5-7-17(22)8-6-14)11-19(25)23-12-18(24)13-23/h5-8,15-16,18,24,26H,2-4,9-13H2,1H3. The molecule has 5 heteroatoms. The minimum atomic E-state index is -0.699. The first-order valence-corrected chi connectivity index (χ1v) is 9.74. The van der Waals surface area contributed by atoms with Crippen molar-refractivity contribution in [3.8, 4) is 0 Å². The van der Waals surface area contributed by atoms with Crippen LogP contribution in [0.25, 0.3) is 0 Å². The van der Waals surface area contributed by atoms with Gasteiger partial charge >= 0.3 is 0 Å². The Kier molecular flexibility index (Phi) is 4.35. The van der Waals surface area contributed by atoms with E-state index in [1.54, 1.807) is 4.90 Å². The first kappa shape index (κ1) is 17.9. The summed E-state index contributed by atoms with van der Waals surface area (Å²) >= 11 is 0. The number of nitrogens with zero attached hydrogens (tertiary/aromatic N) is 1. The number of aliphatic hydroxyl groups is 2. The molecule has 3 fully saturated rings. The third-order valence-corrected chi connectivity index (χ3v) is 6.97. The van der Waals surface area contributed by atoms with E-state index < -0.39 is 11.7 Å². The van der Waals surface area contributed by atoms with Gasteiger partial charge in [-0.2, -0.15) is 0 Å². The Morgan fingerprint density at radius 2 is 1.77 bits per heavy atom. The normalized spacial score (nSPS) is 37.3. The highest BCUT2D eigenvalue weighted by molar-refractivity contribution is 5.79. The number of hydrogen-bond acceptors (Lipinski definition) is 3. The van der Waals surface area contributed by atoms with E-state index >= 15 is 0 Å². The highest BCUT2D eigenvalue weighted by Gasteiger charge is 2.56. The molecule has 0 spiro atoms. The van der Waals surface area contributed by atoms with Crippen LogP contribution in [0.2, 0.25) is 0 Å². The van der Waals surface area contributed by atoms with Gasteiger partial charge in [-0.25, -0.2) is 4.39 Å². The Bertz CT molecular complexity index is 665. The van der Waals surface area contributed by atoms with Crippen LogP contribution in [0.5, 0.6) is 0 Å². The molecule has 1 saturated heterocycles. The van der Waals surface area contributed by atoms with E-state index in [2.05, 4.69) is 0 Å². The molecule has 2 N–H and O–H groups in total.